The summed E-state index contributed by atoms with van der Waals surface area (Å²) in [7, 11) is 1.78. The van der Waals surface area contributed by atoms with Crippen molar-refractivity contribution in [3.05, 3.63) is 41.4 Å². The molecule has 3 nitrogen and oxygen atoms in total. The summed E-state index contributed by atoms with van der Waals surface area (Å²) in [6, 6.07) is 3.36. The number of hydrogen-bond donors (Lipinski definition) is 2. The Kier molecular flexibility index (Phi) is 3.19. The van der Waals surface area contributed by atoms with Crippen LogP contribution in [0.15, 0.2) is 18.2 Å². The van der Waals surface area contributed by atoms with E-state index in [-0.39, 0.29) is 5.56 Å². The SMILES string of the molecule is CNCc1[nH]c(C)nc1-c1cc(F)ccc1F. The summed E-state index contributed by atoms with van der Waals surface area (Å²) in [5.41, 5.74) is 1.38. The summed E-state index contributed by atoms with van der Waals surface area (Å²) in [6.07, 6.45) is 0. The second-order valence-electron chi connectivity index (χ2n) is 3.80. The molecule has 0 spiro atoms. The largest absolute Gasteiger partial charge is 0.345 e. The topological polar surface area (TPSA) is 40.7 Å². The monoisotopic (exact) mass is 237 g/mol. The van der Waals surface area contributed by atoms with Crippen LogP contribution < -0.4 is 5.32 Å². The van der Waals surface area contributed by atoms with Crippen LogP contribution in [0.4, 0.5) is 8.78 Å². The minimum atomic E-state index is -0.477. The first-order valence-corrected chi connectivity index (χ1v) is 5.27. The Morgan fingerprint density at radius 3 is 2.82 bits per heavy atom. The Balaban J connectivity index is 2.55. The van der Waals surface area contributed by atoms with E-state index in [0.717, 1.165) is 23.9 Å². The number of rotatable bonds is 3. The lowest BCUT2D eigenvalue weighted by Gasteiger charge is -2.03. The summed E-state index contributed by atoms with van der Waals surface area (Å²) >= 11 is 0. The highest BCUT2D eigenvalue weighted by Gasteiger charge is 2.14. The molecule has 1 heterocycles. The molecular formula is C12H13F2N3. The van der Waals surface area contributed by atoms with E-state index in [1.54, 1.807) is 14.0 Å². The number of aromatic amines is 1. The van der Waals surface area contributed by atoms with Crippen LogP contribution in [0.2, 0.25) is 0 Å². The highest BCUT2D eigenvalue weighted by molar-refractivity contribution is 5.63. The van der Waals surface area contributed by atoms with Crippen molar-refractivity contribution < 1.29 is 8.78 Å². The smallest absolute Gasteiger partial charge is 0.132 e. The molecule has 1 aromatic heterocycles. The Hall–Kier alpha value is -1.75. The number of benzene rings is 1. The van der Waals surface area contributed by atoms with E-state index >= 15 is 0 Å². The molecule has 0 aliphatic rings. The lowest BCUT2D eigenvalue weighted by atomic mass is 10.1. The number of H-pyrrole nitrogens is 1. The maximum atomic E-state index is 13.6. The third-order valence-corrected chi connectivity index (χ3v) is 2.43. The summed E-state index contributed by atoms with van der Waals surface area (Å²) in [5.74, 6) is -0.276. The summed E-state index contributed by atoms with van der Waals surface area (Å²) in [4.78, 5) is 7.23. The van der Waals surface area contributed by atoms with Gasteiger partial charge in [0.25, 0.3) is 0 Å². The molecule has 0 unspecified atom stereocenters. The first-order valence-electron chi connectivity index (χ1n) is 5.27. The molecule has 0 saturated carbocycles. The van der Waals surface area contributed by atoms with Gasteiger partial charge in [0.2, 0.25) is 0 Å². The maximum absolute atomic E-state index is 13.6. The van der Waals surface area contributed by atoms with Gasteiger partial charge in [-0.15, -0.1) is 0 Å². The zero-order valence-electron chi connectivity index (χ0n) is 9.64. The number of halogens is 2. The molecule has 90 valence electrons. The van der Waals surface area contributed by atoms with Gasteiger partial charge in [0.1, 0.15) is 17.5 Å². The normalized spacial score (nSPS) is 10.8. The fourth-order valence-corrected chi connectivity index (χ4v) is 1.75. The highest BCUT2D eigenvalue weighted by Crippen LogP contribution is 2.25. The minimum absolute atomic E-state index is 0.180. The molecule has 0 amide bonds. The molecule has 0 radical (unpaired) electrons. The Morgan fingerprint density at radius 2 is 2.12 bits per heavy atom. The van der Waals surface area contributed by atoms with Gasteiger partial charge >= 0.3 is 0 Å². The maximum Gasteiger partial charge on any atom is 0.132 e. The van der Waals surface area contributed by atoms with E-state index in [0.29, 0.717) is 18.1 Å². The van der Waals surface area contributed by atoms with Gasteiger partial charge in [-0.1, -0.05) is 0 Å². The van der Waals surface area contributed by atoms with Crippen molar-refractivity contribution in [2.45, 2.75) is 13.5 Å². The van der Waals surface area contributed by atoms with Crippen LogP contribution in [-0.4, -0.2) is 17.0 Å². The Morgan fingerprint density at radius 1 is 1.35 bits per heavy atom. The van der Waals surface area contributed by atoms with Crippen LogP contribution in [0, 0.1) is 18.6 Å². The number of aromatic nitrogens is 2. The van der Waals surface area contributed by atoms with Gasteiger partial charge in [-0.3, -0.25) is 0 Å². The molecule has 2 aromatic rings. The molecule has 0 bridgehead atoms. The van der Waals surface area contributed by atoms with Crippen molar-refractivity contribution in [2.24, 2.45) is 0 Å². The fourth-order valence-electron chi connectivity index (χ4n) is 1.75. The average molecular weight is 237 g/mol. The van der Waals surface area contributed by atoms with Gasteiger partial charge in [-0.2, -0.15) is 0 Å². The van der Waals surface area contributed by atoms with Crippen molar-refractivity contribution in [1.29, 1.82) is 0 Å². The number of aryl methyl sites for hydroxylation is 1. The second-order valence-corrected chi connectivity index (χ2v) is 3.80. The van der Waals surface area contributed by atoms with Crippen molar-refractivity contribution in [1.82, 2.24) is 15.3 Å². The molecule has 0 saturated heterocycles. The van der Waals surface area contributed by atoms with Crippen LogP contribution >= 0.6 is 0 Å². The average Bonchev–Trinajstić information content (AvgIpc) is 2.64. The molecule has 0 atom stereocenters. The first kappa shape index (κ1) is 11.7. The molecule has 0 aliphatic carbocycles. The fraction of sp³-hybridized carbons (Fsp3) is 0.250. The molecule has 2 rings (SSSR count). The standard InChI is InChI=1S/C12H13F2N3/c1-7-16-11(6-15-2)12(17-7)9-5-8(13)3-4-10(9)14/h3-5,15H,6H2,1-2H3,(H,16,17). The lowest BCUT2D eigenvalue weighted by Crippen LogP contribution is -2.07. The lowest BCUT2D eigenvalue weighted by molar-refractivity contribution is 0.602. The Labute approximate surface area is 97.9 Å². The van der Waals surface area contributed by atoms with Gasteiger partial charge in [0.05, 0.1) is 11.4 Å². The number of hydrogen-bond acceptors (Lipinski definition) is 2. The molecule has 1 aromatic carbocycles. The van der Waals surface area contributed by atoms with E-state index in [1.807, 2.05) is 0 Å². The van der Waals surface area contributed by atoms with Gasteiger partial charge in [-0.05, 0) is 32.2 Å². The van der Waals surface area contributed by atoms with Crippen LogP contribution in [0.25, 0.3) is 11.3 Å². The molecule has 2 N–H and O–H groups in total. The van der Waals surface area contributed by atoms with E-state index in [2.05, 4.69) is 15.3 Å². The zero-order chi connectivity index (χ0) is 12.4. The second kappa shape index (κ2) is 4.63. The third kappa shape index (κ3) is 2.34. The molecule has 5 heteroatoms. The van der Waals surface area contributed by atoms with Crippen LogP contribution in [0.3, 0.4) is 0 Å². The van der Waals surface area contributed by atoms with Crippen LogP contribution in [-0.2, 0) is 6.54 Å². The first-order chi connectivity index (χ1) is 8.11. The number of nitrogens with one attached hydrogen (secondary N) is 2. The summed E-state index contributed by atoms with van der Waals surface area (Å²) in [6.45, 7) is 2.30. The van der Waals surface area contributed by atoms with Gasteiger partial charge in [0.15, 0.2) is 0 Å². The predicted molar refractivity (Wildman–Crippen MR) is 61.4 cm³/mol. The molecule has 17 heavy (non-hydrogen) atoms. The number of imidazole rings is 1. The molecular weight excluding hydrogens is 224 g/mol. The number of nitrogens with zero attached hydrogens (tertiary/aromatic N) is 1. The summed E-state index contributed by atoms with van der Waals surface area (Å²) < 4.78 is 26.8. The van der Waals surface area contributed by atoms with Gasteiger partial charge < -0.3 is 10.3 Å². The van der Waals surface area contributed by atoms with Crippen molar-refractivity contribution in [3.8, 4) is 11.3 Å². The van der Waals surface area contributed by atoms with Gasteiger partial charge in [0, 0.05) is 12.1 Å². The van der Waals surface area contributed by atoms with Gasteiger partial charge in [-0.25, -0.2) is 13.8 Å². The van der Waals surface area contributed by atoms with Crippen LogP contribution in [0.5, 0.6) is 0 Å². The van der Waals surface area contributed by atoms with Crippen molar-refractivity contribution >= 4 is 0 Å². The van der Waals surface area contributed by atoms with E-state index in [1.165, 1.54) is 0 Å². The predicted octanol–water partition coefficient (Wildman–Crippen LogP) is 2.38. The minimum Gasteiger partial charge on any atom is -0.345 e. The van der Waals surface area contributed by atoms with Crippen molar-refractivity contribution in [3.63, 3.8) is 0 Å². The third-order valence-electron chi connectivity index (χ3n) is 2.43. The quantitative estimate of drug-likeness (QED) is 0.860. The highest BCUT2D eigenvalue weighted by atomic mass is 19.1. The molecule has 0 fully saturated rings. The van der Waals surface area contributed by atoms with Crippen LogP contribution in [0.1, 0.15) is 11.5 Å². The van der Waals surface area contributed by atoms with E-state index in [9.17, 15) is 8.78 Å². The van der Waals surface area contributed by atoms with E-state index < -0.39 is 11.6 Å². The van der Waals surface area contributed by atoms with E-state index in [4.69, 9.17) is 0 Å². The molecule has 0 aliphatic heterocycles. The zero-order valence-corrected chi connectivity index (χ0v) is 9.64. The Bertz CT molecular complexity index is 535. The summed E-state index contributed by atoms with van der Waals surface area (Å²) in [5, 5.41) is 2.95. The van der Waals surface area contributed by atoms with Crippen molar-refractivity contribution in [2.75, 3.05) is 7.05 Å².